The minimum absolute atomic E-state index is 0.0731. The lowest BCUT2D eigenvalue weighted by Crippen LogP contribution is -2.35. The van der Waals surface area contributed by atoms with Crippen molar-refractivity contribution in [3.63, 3.8) is 0 Å². The van der Waals surface area contributed by atoms with E-state index in [0.717, 1.165) is 16.2 Å². The van der Waals surface area contributed by atoms with Crippen LogP contribution in [0.5, 0.6) is 17.4 Å². The van der Waals surface area contributed by atoms with Crippen molar-refractivity contribution in [3.8, 4) is 23.1 Å². The first-order valence-corrected chi connectivity index (χ1v) is 6.27. The van der Waals surface area contributed by atoms with Crippen molar-refractivity contribution in [2.24, 2.45) is 0 Å². The van der Waals surface area contributed by atoms with Crippen LogP contribution in [-0.2, 0) is 0 Å². The molecule has 0 N–H and O–H groups in total. The quantitative estimate of drug-likeness (QED) is 0.812. The number of nitrogens with zero attached hydrogens (tertiary/aromatic N) is 2. The number of hydrogen-bond acceptors (Lipinski definition) is 5. The Hall–Kier alpha value is -1.24. The summed E-state index contributed by atoms with van der Waals surface area (Å²) in [5, 5.41) is 12.1. The van der Waals surface area contributed by atoms with Gasteiger partial charge in [0, 0.05) is 12.1 Å². The first-order chi connectivity index (χ1) is 8.58. The normalized spacial score (nSPS) is 10.4. The Morgan fingerprint density at radius 1 is 1.22 bits per heavy atom. The molecule has 1 aromatic carbocycles. The van der Waals surface area contributed by atoms with Crippen molar-refractivity contribution in [2.75, 3.05) is 14.2 Å². The zero-order valence-electron chi connectivity index (χ0n) is 9.44. The Bertz CT molecular complexity index is 589. The van der Waals surface area contributed by atoms with Gasteiger partial charge in [0.1, 0.15) is 5.75 Å². The Balaban J connectivity index is 2.63. The monoisotopic (exact) mass is 306 g/mol. The Morgan fingerprint density at radius 2 is 1.89 bits per heavy atom. The van der Waals surface area contributed by atoms with Gasteiger partial charge < -0.3 is 14.6 Å². The van der Waals surface area contributed by atoms with Crippen LogP contribution in [0.4, 0.5) is 0 Å². The van der Waals surface area contributed by atoms with E-state index < -0.39 is 5.88 Å². The van der Waals surface area contributed by atoms with Crippen molar-refractivity contribution in [1.82, 2.24) is 4.49 Å². The second kappa shape index (κ2) is 5.17. The lowest BCUT2D eigenvalue weighted by molar-refractivity contribution is -0.695. The number of aromatic nitrogens is 2. The topological polar surface area (TPSA) is 58.3 Å². The van der Waals surface area contributed by atoms with Crippen molar-refractivity contribution in [3.05, 3.63) is 21.5 Å². The third kappa shape index (κ3) is 2.19. The molecular weight excluding hydrogens is 299 g/mol. The van der Waals surface area contributed by atoms with Crippen LogP contribution in [0.2, 0.25) is 9.36 Å². The summed E-state index contributed by atoms with van der Waals surface area (Å²) in [5.41, 5.74) is 0.413. The molecule has 0 atom stereocenters. The van der Waals surface area contributed by atoms with Gasteiger partial charge in [-0.1, -0.05) is 23.2 Å². The summed E-state index contributed by atoms with van der Waals surface area (Å²) in [4.78, 5) is 0. The van der Waals surface area contributed by atoms with Crippen LogP contribution < -0.4 is 19.3 Å². The molecule has 0 saturated carbocycles. The smallest absolute Gasteiger partial charge is 0.281 e. The van der Waals surface area contributed by atoms with Gasteiger partial charge in [0.25, 0.3) is 5.69 Å². The van der Waals surface area contributed by atoms with E-state index in [9.17, 15) is 5.11 Å². The van der Waals surface area contributed by atoms with Crippen LogP contribution in [0.15, 0.2) is 12.1 Å². The molecule has 2 aromatic rings. The van der Waals surface area contributed by atoms with Gasteiger partial charge in [0.15, 0.2) is 10.1 Å². The van der Waals surface area contributed by atoms with Gasteiger partial charge in [-0.05, 0) is 4.68 Å². The molecule has 1 aromatic heterocycles. The van der Waals surface area contributed by atoms with Crippen LogP contribution in [0.25, 0.3) is 5.69 Å². The van der Waals surface area contributed by atoms with Gasteiger partial charge in [0.05, 0.1) is 35.3 Å². The van der Waals surface area contributed by atoms with E-state index in [1.165, 1.54) is 20.3 Å². The van der Waals surface area contributed by atoms with Crippen molar-refractivity contribution in [2.45, 2.75) is 0 Å². The van der Waals surface area contributed by atoms with E-state index in [4.69, 9.17) is 32.7 Å². The van der Waals surface area contributed by atoms with Crippen molar-refractivity contribution < 1.29 is 19.3 Å². The highest BCUT2D eigenvalue weighted by Gasteiger charge is 2.23. The molecule has 0 fully saturated rings. The Kier molecular flexibility index (Phi) is 3.79. The Labute approximate surface area is 117 Å². The molecule has 0 aliphatic rings. The fourth-order valence-electron chi connectivity index (χ4n) is 1.40. The number of halogens is 2. The molecule has 0 saturated heterocycles. The highest BCUT2D eigenvalue weighted by atomic mass is 35.5. The van der Waals surface area contributed by atoms with Gasteiger partial charge >= 0.3 is 0 Å². The lowest BCUT2D eigenvalue weighted by atomic mass is 10.2. The van der Waals surface area contributed by atoms with Gasteiger partial charge in [0.2, 0.25) is 5.88 Å². The molecule has 0 unspecified atom stereocenters. The largest absolute Gasteiger partial charge is 0.819 e. The second-order valence-corrected chi connectivity index (χ2v) is 4.99. The molecule has 0 bridgehead atoms. The molecule has 0 amide bonds. The predicted octanol–water partition coefficient (Wildman–Crippen LogP) is 1.82. The molecule has 5 nitrogen and oxygen atoms in total. The van der Waals surface area contributed by atoms with E-state index in [2.05, 4.69) is 4.49 Å². The summed E-state index contributed by atoms with van der Waals surface area (Å²) in [6, 6.07) is 3.12. The van der Waals surface area contributed by atoms with Crippen molar-refractivity contribution in [1.29, 1.82) is 0 Å². The minimum atomic E-state index is -0.416. The van der Waals surface area contributed by atoms with Crippen LogP contribution >= 0.6 is 34.7 Å². The van der Waals surface area contributed by atoms with Gasteiger partial charge in [-0.25, -0.2) is 0 Å². The molecule has 18 heavy (non-hydrogen) atoms. The van der Waals surface area contributed by atoms with Crippen LogP contribution in [0.3, 0.4) is 0 Å². The van der Waals surface area contributed by atoms with E-state index >= 15 is 0 Å². The summed E-state index contributed by atoms with van der Waals surface area (Å²) in [5.74, 6) is 0.452. The minimum Gasteiger partial charge on any atom is -0.819 e. The van der Waals surface area contributed by atoms with Crippen LogP contribution in [-0.4, -0.2) is 18.7 Å². The summed E-state index contributed by atoms with van der Waals surface area (Å²) in [6.45, 7) is 0. The first kappa shape index (κ1) is 13.2. The lowest BCUT2D eigenvalue weighted by Gasteiger charge is -2.07. The number of methoxy groups -OCH3 is 2. The van der Waals surface area contributed by atoms with Crippen LogP contribution in [0, 0.1) is 0 Å². The summed E-state index contributed by atoms with van der Waals surface area (Å²) in [7, 11) is 2.97. The molecule has 8 heteroatoms. The zero-order chi connectivity index (χ0) is 13.3. The Morgan fingerprint density at radius 3 is 2.39 bits per heavy atom. The standard InChI is InChI=1S/C10H8Cl2N2O3S/c1-16-7-4-8(17-2)6(3-5(7)11)14-10(15)9(12)18-13-14/h3-4H,1-2H3. The molecule has 2 rings (SSSR count). The molecule has 0 spiro atoms. The molecule has 0 aliphatic heterocycles. The maximum absolute atomic E-state index is 11.8. The van der Waals surface area contributed by atoms with Gasteiger partial charge in [-0.15, -0.1) is 0 Å². The highest BCUT2D eigenvalue weighted by molar-refractivity contribution is 7.10. The van der Waals surface area contributed by atoms with E-state index in [1.54, 1.807) is 6.07 Å². The first-order valence-electron chi connectivity index (χ1n) is 4.75. The average molecular weight is 307 g/mol. The predicted molar refractivity (Wildman–Crippen MR) is 66.2 cm³/mol. The maximum atomic E-state index is 11.8. The molecular formula is C10H8Cl2N2O3S. The number of rotatable bonds is 3. The SMILES string of the molecule is COc1cc(OC)c(-[n+]2nsc(Cl)c2[O-])cc1Cl. The van der Waals surface area contributed by atoms with E-state index in [-0.39, 0.29) is 4.34 Å². The fourth-order valence-corrected chi connectivity index (χ4v) is 2.29. The highest BCUT2D eigenvalue weighted by Crippen LogP contribution is 2.33. The third-order valence-corrected chi connectivity index (χ3v) is 3.49. The van der Waals surface area contributed by atoms with E-state index in [0.29, 0.717) is 22.2 Å². The molecule has 0 aliphatic carbocycles. The fraction of sp³-hybridized carbons (Fsp3) is 0.200. The average Bonchev–Trinajstić information content (AvgIpc) is 2.70. The van der Waals surface area contributed by atoms with Gasteiger partial charge in [-0.2, -0.15) is 0 Å². The van der Waals surface area contributed by atoms with E-state index in [1.807, 2.05) is 0 Å². The third-order valence-electron chi connectivity index (χ3n) is 2.24. The van der Waals surface area contributed by atoms with Gasteiger partial charge in [-0.3, -0.25) is 0 Å². The number of benzene rings is 1. The maximum Gasteiger partial charge on any atom is 0.281 e. The van der Waals surface area contributed by atoms with Crippen LogP contribution in [0.1, 0.15) is 0 Å². The molecule has 1 heterocycles. The van der Waals surface area contributed by atoms with Crippen molar-refractivity contribution >= 4 is 34.7 Å². The number of ether oxygens (including phenoxy) is 2. The number of hydrogen-bond donors (Lipinski definition) is 0. The molecule has 0 radical (unpaired) electrons. The summed E-state index contributed by atoms with van der Waals surface area (Å²) >= 11 is 12.6. The zero-order valence-corrected chi connectivity index (χ0v) is 11.8. The molecule has 96 valence electrons. The second-order valence-electron chi connectivity index (χ2n) is 3.22. The summed E-state index contributed by atoms with van der Waals surface area (Å²) in [6.07, 6.45) is 0. The summed E-state index contributed by atoms with van der Waals surface area (Å²) < 4.78 is 15.4.